The van der Waals surface area contributed by atoms with Crippen molar-refractivity contribution in [3.63, 3.8) is 0 Å². The monoisotopic (exact) mass is 416 g/mol. The number of hydrogen-bond donors (Lipinski definition) is 0. The first-order valence-electron chi connectivity index (χ1n) is 9.91. The minimum absolute atomic E-state index is 0.141. The van der Waals surface area contributed by atoms with Crippen LogP contribution in [0.15, 0.2) is 53.4 Å². The van der Waals surface area contributed by atoms with Gasteiger partial charge in [-0.15, -0.1) is 0 Å². The fraction of sp³-hybridized carbons (Fsp3) is 0.409. The normalized spacial score (nSPS) is 16.4. The van der Waals surface area contributed by atoms with Crippen molar-refractivity contribution in [2.45, 2.75) is 31.1 Å². The average Bonchev–Trinajstić information content (AvgIpc) is 2.78. The molecule has 1 aliphatic rings. The van der Waals surface area contributed by atoms with Crippen LogP contribution in [0.2, 0.25) is 0 Å². The molecule has 6 nitrogen and oxygen atoms in total. The molecular formula is C22H28N2O4S. The molecule has 0 aliphatic carbocycles. The minimum Gasteiger partial charge on any atom is -0.496 e. The second kappa shape index (κ2) is 8.97. The summed E-state index contributed by atoms with van der Waals surface area (Å²) in [5, 5.41) is 0. The fourth-order valence-corrected chi connectivity index (χ4v) is 4.90. The Hall–Kier alpha value is -2.38. The lowest BCUT2D eigenvalue weighted by atomic mass is 9.99. The summed E-state index contributed by atoms with van der Waals surface area (Å²) in [6.45, 7) is 5.48. The maximum atomic E-state index is 13.0. The zero-order chi connectivity index (χ0) is 21.0. The predicted molar refractivity (Wildman–Crippen MR) is 113 cm³/mol. The molecule has 1 saturated heterocycles. The molecule has 1 atom stereocenters. The molecule has 0 aromatic heterocycles. The average molecular weight is 417 g/mol. The number of piperazine rings is 1. The van der Waals surface area contributed by atoms with Crippen molar-refractivity contribution in [3.8, 4) is 5.75 Å². The molecule has 1 amide bonds. The SMILES string of the molecule is CCC(C)c1ccc(S(=O)(=O)N2CCN(C(=O)c3ccccc3OC)CC2)cc1. The number of hydrogen-bond acceptors (Lipinski definition) is 4. The summed E-state index contributed by atoms with van der Waals surface area (Å²) in [6.07, 6.45) is 1.01. The van der Waals surface area contributed by atoms with Gasteiger partial charge in [-0.2, -0.15) is 4.31 Å². The Balaban J connectivity index is 1.69. The smallest absolute Gasteiger partial charge is 0.257 e. The summed E-state index contributed by atoms with van der Waals surface area (Å²) in [5.41, 5.74) is 1.63. The van der Waals surface area contributed by atoms with Crippen molar-refractivity contribution >= 4 is 15.9 Å². The molecule has 2 aromatic rings. The molecule has 0 saturated carbocycles. The van der Waals surface area contributed by atoms with Gasteiger partial charge in [0.2, 0.25) is 10.0 Å². The highest BCUT2D eigenvalue weighted by Gasteiger charge is 2.31. The Bertz CT molecular complexity index is 949. The Morgan fingerprint density at radius 2 is 1.66 bits per heavy atom. The quantitative estimate of drug-likeness (QED) is 0.724. The lowest BCUT2D eigenvalue weighted by molar-refractivity contribution is 0.0694. The van der Waals surface area contributed by atoms with Crippen molar-refractivity contribution in [1.29, 1.82) is 0 Å². The Morgan fingerprint density at radius 3 is 2.24 bits per heavy atom. The number of sulfonamides is 1. The van der Waals surface area contributed by atoms with Crippen LogP contribution in [-0.2, 0) is 10.0 Å². The summed E-state index contributed by atoms with van der Waals surface area (Å²) in [4.78, 5) is 14.8. The number of carbonyl (C=O) groups is 1. The first kappa shape index (κ1) is 21.3. The number of nitrogens with zero attached hydrogens (tertiary/aromatic N) is 2. The molecule has 0 bridgehead atoms. The molecule has 7 heteroatoms. The number of ether oxygens (including phenoxy) is 1. The molecule has 1 heterocycles. The van der Waals surface area contributed by atoms with Crippen LogP contribution in [0, 0.1) is 0 Å². The Morgan fingerprint density at radius 1 is 1.03 bits per heavy atom. The molecular weight excluding hydrogens is 388 g/mol. The standard InChI is InChI=1S/C22H28N2O4S/c1-4-17(2)18-9-11-19(12-10-18)29(26,27)24-15-13-23(14-16-24)22(25)20-7-5-6-8-21(20)28-3/h5-12,17H,4,13-16H2,1-3H3. The van der Waals surface area contributed by atoms with Crippen LogP contribution in [0.25, 0.3) is 0 Å². The van der Waals surface area contributed by atoms with E-state index in [2.05, 4.69) is 13.8 Å². The van der Waals surface area contributed by atoms with Crippen LogP contribution < -0.4 is 4.74 Å². The van der Waals surface area contributed by atoms with Crippen molar-refractivity contribution in [3.05, 3.63) is 59.7 Å². The van der Waals surface area contributed by atoms with E-state index in [-0.39, 0.29) is 19.0 Å². The molecule has 0 N–H and O–H groups in total. The lowest BCUT2D eigenvalue weighted by Gasteiger charge is -2.34. The van der Waals surface area contributed by atoms with E-state index < -0.39 is 10.0 Å². The number of amides is 1. The summed E-state index contributed by atoms with van der Waals surface area (Å²) in [5.74, 6) is 0.780. The second-order valence-electron chi connectivity index (χ2n) is 7.27. The van der Waals surface area contributed by atoms with Gasteiger partial charge in [0.05, 0.1) is 17.6 Å². The van der Waals surface area contributed by atoms with Gasteiger partial charge in [-0.25, -0.2) is 8.42 Å². The number of carbonyl (C=O) groups excluding carboxylic acids is 1. The molecule has 3 rings (SSSR count). The van der Waals surface area contributed by atoms with Gasteiger partial charge in [0.1, 0.15) is 5.75 Å². The van der Waals surface area contributed by atoms with Gasteiger partial charge in [0, 0.05) is 26.2 Å². The van der Waals surface area contributed by atoms with E-state index in [4.69, 9.17) is 4.74 Å². The van der Waals surface area contributed by atoms with Crippen LogP contribution in [0.5, 0.6) is 5.75 Å². The first-order valence-corrected chi connectivity index (χ1v) is 11.3. The number of benzene rings is 2. The molecule has 1 unspecified atom stereocenters. The van der Waals surface area contributed by atoms with Gasteiger partial charge < -0.3 is 9.64 Å². The van der Waals surface area contributed by atoms with Gasteiger partial charge in [-0.05, 0) is 42.2 Å². The summed E-state index contributed by atoms with van der Waals surface area (Å²) in [7, 11) is -2.04. The Labute approximate surface area is 173 Å². The molecule has 0 radical (unpaired) electrons. The first-order chi connectivity index (χ1) is 13.9. The lowest BCUT2D eigenvalue weighted by Crippen LogP contribution is -2.50. The third-order valence-electron chi connectivity index (χ3n) is 5.56. The van der Waals surface area contributed by atoms with Crippen LogP contribution in [0.3, 0.4) is 0 Å². The van der Waals surface area contributed by atoms with Crippen molar-refractivity contribution in [1.82, 2.24) is 9.21 Å². The summed E-state index contributed by atoms with van der Waals surface area (Å²) in [6, 6.07) is 14.2. The minimum atomic E-state index is -3.57. The third kappa shape index (κ3) is 4.46. The highest BCUT2D eigenvalue weighted by atomic mass is 32.2. The zero-order valence-corrected chi connectivity index (χ0v) is 18.0. The molecule has 156 valence electrons. The largest absolute Gasteiger partial charge is 0.496 e. The number of methoxy groups -OCH3 is 1. The van der Waals surface area contributed by atoms with Crippen LogP contribution >= 0.6 is 0 Å². The predicted octanol–water partition coefficient (Wildman–Crippen LogP) is 3.36. The summed E-state index contributed by atoms with van der Waals surface area (Å²) < 4.78 is 32.7. The number of rotatable bonds is 6. The van der Waals surface area contributed by atoms with Gasteiger partial charge in [-0.3, -0.25) is 4.79 Å². The van der Waals surface area contributed by atoms with E-state index in [0.29, 0.717) is 35.2 Å². The third-order valence-corrected chi connectivity index (χ3v) is 7.48. The molecule has 0 spiro atoms. The fourth-order valence-electron chi connectivity index (χ4n) is 3.48. The van der Waals surface area contributed by atoms with Crippen LogP contribution in [0.4, 0.5) is 0 Å². The Kier molecular flexibility index (Phi) is 6.59. The maximum absolute atomic E-state index is 13.0. The van der Waals surface area contributed by atoms with Gasteiger partial charge in [-0.1, -0.05) is 38.1 Å². The van der Waals surface area contributed by atoms with E-state index in [9.17, 15) is 13.2 Å². The van der Waals surface area contributed by atoms with Crippen molar-refractivity contribution in [2.75, 3.05) is 33.3 Å². The highest BCUT2D eigenvalue weighted by molar-refractivity contribution is 7.89. The van der Waals surface area contributed by atoms with E-state index >= 15 is 0 Å². The molecule has 2 aromatic carbocycles. The van der Waals surface area contributed by atoms with Crippen LogP contribution in [0.1, 0.15) is 42.1 Å². The molecule has 29 heavy (non-hydrogen) atoms. The maximum Gasteiger partial charge on any atom is 0.257 e. The van der Waals surface area contributed by atoms with Crippen molar-refractivity contribution in [2.24, 2.45) is 0 Å². The number of para-hydroxylation sites is 1. The van der Waals surface area contributed by atoms with E-state index in [1.165, 1.54) is 11.4 Å². The molecule has 1 aliphatic heterocycles. The topological polar surface area (TPSA) is 66.9 Å². The van der Waals surface area contributed by atoms with E-state index in [1.807, 2.05) is 18.2 Å². The van der Waals surface area contributed by atoms with Gasteiger partial charge in [0.15, 0.2) is 0 Å². The van der Waals surface area contributed by atoms with Gasteiger partial charge in [0.25, 0.3) is 5.91 Å². The zero-order valence-electron chi connectivity index (χ0n) is 17.2. The van der Waals surface area contributed by atoms with E-state index in [1.54, 1.807) is 35.2 Å². The molecule has 1 fully saturated rings. The van der Waals surface area contributed by atoms with Gasteiger partial charge >= 0.3 is 0 Å². The van der Waals surface area contributed by atoms with E-state index in [0.717, 1.165) is 12.0 Å². The van der Waals surface area contributed by atoms with Crippen LogP contribution in [-0.4, -0.2) is 56.8 Å². The second-order valence-corrected chi connectivity index (χ2v) is 9.21. The summed E-state index contributed by atoms with van der Waals surface area (Å²) >= 11 is 0. The highest BCUT2D eigenvalue weighted by Crippen LogP contribution is 2.24. The van der Waals surface area contributed by atoms with Crippen molar-refractivity contribution < 1.29 is 17.9 Å².